The van der Waals surface area contributed by atoms with Crippen molar-refractivity contribution in [3.63, 3.8) is 0 Å². The van der Waals surface area contributed by atoms with Gasteiger partial charge in [-0.1, -0.05) is 0 Å². The van der Waals surface area contributed by atoms with Gasteiger partial charge in [-0.25, -0.2) is 12.7 Å². The zero-order chi connectivity index (χ0) is 13.9. The summed E-state index contributed by atoms with van der Waals surface area (Å²) in [7, 11) is -3.05. The molecule has 0 spiro atoms. The molecule has 0 amide bonds. The minimum Gasteiger partial charge on any atom is -0.354 e. The van der Waals surface area contributed by atoms with E-state index in [-0.39, 0.29) is 0 Å². The first-order chi connectivity index (χ1) is 8.99. The Kier molecular flexibility index (Phi) is 4.65. The Labute approximate surface area is 115 Å². The molecular weight excluding hydrogens is 262 g/mol. The topological polar surface area (TPSA) is 68.3 Å². The second-order valence-electron chi connectivity index (χ2n) is 5.38. The summed E-state index contributed by atoms with van der Waals surface area (Å²) in [5, 5.41) is 0. The van der Waals surface area contributed by atoms with E-state index in [0.717, 1.165) is 25.8 Å². The van der Waals surface area contributed by atoms with Crippen molar-refractivity contribution < 1.29 is 8.42 Å². The lowest BCUT2D eigenvalue weighted by molar-refractivity contribution is 0.246. The van der Waals surface area contributed by atoms with Gasteiger partial charge in [-0.2, -0.15) is 0 Å². The molecule has 1 aromatic rings. The van der Waals surface area contributed by atoms with Crippen LogP contribution in [0.15, 0.2) is 18.5 Å². The molecule has 0 saturated carbocycles. The van der Waals surface area contributed by atoms with E-state index in [9.17, 15) is 8.42 Å². The van der Waals surface area contributed by atoms with Crippen LogP contribution in [0.4, 0.5) is 0 Å². The molecule has 1 unspecified atom stereocenters. The van der Waals surface area contributed by atoms with Crippen LogP contribution >= 0.6 is 0 Å². The number of piperidine rings is 1. The van der Waals surface area contributed by atoms with E-state index in [1.54, 1.807) is 4.31 Å². The molecule has 5 nitrogen and oxygen atoms in total. The highest BCUT2D eigenvalue weighted by molar-refractivity contribution is 7.88. The van der Waals surface area contributed by atoms with Crippen molar-refractivity contribution in [2.24, 2.45) is 11.7 Å². The summed E-state index contributed by atoms with van der Waals surface area (Å²) in [6.45, 7) is 2.86. The van der Waals surface area contributed by atoms with Crippen molar-refractivity contribution in [2.75, 3.05) is 25.9 Å². The zero-order valence-electron chi connectivity index (χ0n) is 11.5. The lowest BCUT2D eigenvalue weighted by Gasteiger charge is -2.31. The maximum atomic E-state index is 11.6. The maximum absolute atomic E-state index is 11.6. The van der Waals surface area contributed by atoms with Gasteiger partial charge in [-0.05, 0) is 43.4 Å². The van der Waals surface area contributed by atoms with E-state index in [1.807, 2.05) is 0 Å². The molecule has 0 bridgehead atoms. The molecule has 19 heavy (non-hydrogen) atoms. The minimum absolute atomic E-state index is 0.404. The SMILES string of the molecule is CS(=O)(=O)N1CCCC(Cn2ccc(CCN)c2)C1. The fourth-order valence-corrected chi connectivity index (χ4v) is 3.64. The highest BCUT2D eigenvalue weighted by atomic mass is 32.2. The Hall–Kier alpha value is -0.850. The second kappa shape index (κ2) is 6.07. The Morgan fingerprint density at radius 3 is 2.95 bits per heavy atom. The van der Waals surface area contributed by atoms with Gasteiger partial charge in [-0.15, -0.1) is 0 Å². The molecule has 0 aromatic carbocycles. The minimum atomic E-state index is -3.05. The molecule has 2 N–H and O–H groups in total. The van der Waals surface area contributed by atoms with Crippen LogP contribution in [0.2, 0.25) is 0 Å². The predicted molar refractivity (Wildman–Crippen MR) is 76.3 cm³/mol. The lowest BCUT2D eigenvalue weighted by Crippen LogP contribution is -2.40. The third kappa shape index (κ3) is 4.06. The number of sulfonamides is 1. The Balaban J connectivity index is 1.94. The molecule has 108 valence electrons. The van der Waals surface area contributed by atoms with Crippen LogP contribution in [0.3, 0.4) is 0 Å². The van der Waals surface area contributed by atoms with E-state index in [1.165, 1.54) is 11.8 Å². The van der Waals surface area contributed by atoms with Gasteiger partial charge in [0.1, 0.15) is 0 Å². The van der Waals surface area contributed by atoms with E-state index in [0.29, 0.717) is 25.6 Å². The summed E-state index contributed by atoms with van der Waals surface area (Å²) in [5.74, 6) is 0.404. The molecule has 1 aliphatic heterocycles. The highest BCUT2D eigenvalue weighted by Gasteiger charge is 2.25. The number of rotatable bonds is 5. The van der Waals surface area contributed by atoms with Crippen molar-refractivity contribution in [3.8, 4) is 0 Å². The third-order valence-electron chi connectivity index (χ3n) is 3.66. The largest absolute Gasteiger partial charge is 0.354 e. The Morgan fingerprint density at radius 1 is 1.47 bits per heavy atom. The van der Waals surface area contributed by atoms with Crippen LogP contribution in [0.25, 0.3) is 0 Å². The molecule has 0 radical (unpaired) electrons. The summed E-state index contributed by atoms with van der Waals surface area (Å²) in [6, 6.07) is 2.09. The van der Waals surface area contributed by atoms with E-state index < -0.39 is 10.0 Å². The third-order valence-corrected chi connectivity index (χ3v) is 4.93. The normalized spacial score (nSPS) is 21.7. The molecule has 1 aliphatic rings. The summed E-state index contributed by atoms with van der Waals surface area (Å²) in [4.78, 5) is 0. The first-order valence-electron chi connectivity index (χ1n) is 6.79. The predicted octanol–water partition coefficient (Wildman–Crippen LogP) is 0.661. The average Bonchev–Trinajstić information content (AvgIpc) is 2.76. The number of hydrogen-bond acceptors (Lipinski definition) is 3. The van der Waals surface area contributed by atoms with Crippen LogP contribution in [-0.2, 0) is 23.0 Å². The summed E-state index contributed by atoms with van der Waals surface area (Å²) in [6.07, 6.45) is 8.42. The average molecular weight is 285 g/mol. The first-order valence-corrected chi connectivity index (χ1v) is 8.63. The number of hydrogen-bond donors (Lipinski definition) is 1. The van der Waals surface area contributed by atoms with Crippen molar-refractivity contribution in [1.29, 1.82) is 0 Å². The fourth-order valence-electron chi connectivity index (χ4n) is 2.69. The van der Waals surface area contributed by atoms with Gasteiger partial charge in [0.15, 0.2) is 0 Å². The molecule has 2 rings (SSSR count). The monoisotopic (exact) mass is 285 g/mol. The highest BCUT2D eigenvalue weighted by Crippen LogP contribution is 2.20. The number of nitrogens with zero attached hydrogens (tertiary/aromatic N) is 2. The van der Waals surface area contributed by atoms with Gasteiger partial charge < -0.3 is 10.3 Å². The van der Waals surface area contributed by atoms with Gasteiger partial charge in [0, 0.05) is 32.0 Å². The van der Waals surface area contributed by atoms with Gasteiger partial charge in [-0.3, -0.25) is 0 Å². The van der Waals surface area contributed by atoms with Crippen molar-refractivity contribution in [3.05, 3.63) is 24.0 Å². The Morgan fingerprint density at radius 2 is 2.26 bits per heavy atom. The smallest absolute Gasteiger partial charge is 0.211 e. The van der Waals surface area contributed by atoms with Crippen molar-refractivity contribution in [1.82, 2.24) is 8.87 Å². The van der Waals surface area contributed by atoms with Crippen LogP contribution in [0, 0.1) is 5.92 Å². The lowest BCUT2D eigenvalue weighted by atomic mass is 10.00. The van der Waals surface area contributed by atoms with Crippen LogP contribution < -0.4 is 5.73 Å². The molecule has 1 atom stereocenters. The molecular formula is C13H23N3O2S. The maximum Gasteiger partial charge on any atom is 0.211 e. The Bertz CT molecular complexity index is 510. The molecule has 0 aliphatic carbocycles. The first kappa shape index (κ1) is 14.6. The van der Waals surface area contributed by atoms with Gasteiger partial charge in [0.05, 0.1) is 6.26 Å². The van der Waals surface area contributed by atoms with Gasteiger partial charge >= 0.3 is 0 Å². The van der Waals surface area contributed by atoms with E-state index in [4.69, 9.17) is 5.73 Å². The summed E-state index contributed by atoms with van der Waals surface area (Å²) >= 11 is 0. The van der Waals surface area contributed by atoms with E-state index in [2.05, 4.69) is 23.0 Å². The van der Waals surface area contributed by atoms with Crippen molar-refractivity contribution >= 4 is 10.0 Å². The number of aromatic nitrogens is 1. The zero-order valence-corrected chi connectivity index (χ0v) is 12.3. The second-order valence-corrected chi connectivity index (χ2v) is 7.37. The fraction of sp³-hybridized carbons (Fsp3) is 0.692. The molecule has 1 fully saturated rings. The summed E-state index contributed by atoms with van der Waals surface area (Å²) < 4.78 is 26.9. The van der Waals surface area contributed by atoms with Crippen LogP contribution in [0.1, 0.15) is 18.4 Å². The molecule has 1 aromatic heterocycles. The summed E-state index contributed by atoms with van der Waals surface area (Å²) in [5.41, 5.74) is 6.79. The van der Waals surface area contributed by atoms with Crippen LogP contribution in [-0.4, -0.2) is 43.2 Å². The molecule has 6 heteroatoms. The number of nitrogens with two attached hydrogens (primary N) is 1. The quantitative estimate of drug-likeness (QED) is 0.864. The molecule has 1 saturated heterocycles. The van der Waals surface area contributed by atoms with E-state index >= 15 is 0 Å². The molecule has 2 heterocycles. The standard InChI is InChI=1S/C13H23N3O2S/c1-19(17,18)16-7-2-3-13(11-16)10-15-8-5-12(9-15)4-6-14/h5,8-9,13H,2-4,6-7,10-11,14H2,1H3. The van der Waals surface area contributed by atoms with Crippen molar-refractivity contribution in [2.45, 2.75) is 25.8 Å². The van der Waals surface area contributed by atoms with Gasteiger partial charge in [0.2, 0.25) is 10.0 Å². The van der Waals surface area contributed by atoms with Crippen LogP contribution in [0.5, 0.6) is 0 Å². The van der Waals surface area contributed by atoms with Gasteiger partial charge in [0.25, 0.3) is 0 Å².